The van der Waals surface area contributed by atoms with Crippen LogP contribution in [-0.4, -0.2) is 35.2 Å². The average Bonchev–Trinajstić information content (AvgIpc) is 2.96. The second-order valence-electron chi connectivity index (χ2n) is 5.63. The first-order valence-electron chi connectivity index (χ1n) is 7.87. The smallest absolute Gasteiger partial charge is 0.346 e. The second-order valence-corrected chi connectivity index (χ2v) is 6.63. The Labute approximate surface area is 149 Å². The van der Waals surface area contributed by atoms with Crippen LogP contribution in [0.2, 0.25) is 0 Å². The quantitative estimate of drug-likeness (QED) is 0.702. The lowest BCUT2D eigenvalue weighted by molar-refractivity contribution is 0.0701. The molecule has 2 heterocycles. The summed E-state index contributed by atoms with van der Waals surface area (Å²) < 4.78 is 5.24. The molecule has 2 N–H and O–H groups in total. The van der Waals surface area contributed by atoms with E-state index in [1.807, 2.05) is 24.3 Å². The molecule has 3 rings (SSSR count). The molecule has 0 fully saturated rings. The zero-order chi connectivity index (χ0) is 18.0. The number of fused-ring (bicyclic) bond motifs is 1. The highest BCUT2D eigenvalue weighted by Crippen LogP contribution is 2.33. The van der Waals surface area contributed by atoms with Gasteiger partial charge in [-0.1, -0.05) is 12.1 Å². The van der Waals surface area contributed by atoms with Crippen molar-refractivity contribution in [2.24, 2.45) is 0 Å². The Morgan fingerprint density at radius 2 is 2.12 bits per heavy atom. The van der Waals surface area contributed by atoms with E-state index in [1.165, 1.54) is 11.3 Å². The average molecular weight is 357 g/mol. The fourth-order valence-electron chi connectivity index (χ4n) is 2.76. The number of thiophene rings is 1. The number of benzene rings is 1. The number of nitrogens with one attached hydrogen (secondary N) is 1. The molecule has 0 amide bonds. The van der Waals surface area contributed by atoms with E-state index in [2.05, 4.69) is 15.3 Å². The van der Waals surface area contributed by atoms with E-state index in [1.54, 1.807) is 21.1 Å². The summed E-state index contributed by atoms with van der Waals surface area (Å²) in [5.74, 6) is 1.26. The zero-order valence-electron chi connectivity index (χ0n) is 14.3. The molecule has 3 aromatic rings. The largest absolute Gasteiger partial charge is 0.497 e. The van der Waals surface area contributed by atoms with Gasteiger partial charge in [-0.25, -0.2) is 14.8 Å². The normalized spacial score (nSPS) is 10.8. The Hall–Kier alpha value is -2.67. The van der Waals surface area contributed by atoms with Gasteiger partial charge in [0.1, 0.15) is 27.1 Å². The van der Waals surface area contributed by atoms with E-state index < -0.39 is 5.97 Å². The molecular formula is C18H19N3O3S. The summed E-state index contributed by atoms with van der Waals surface area (Å²) in [5.41, 5.74) is 1.85. The number of hydrogen-bond acceptors (Lipinski definition) is 6. The summed E-state index contributed by atoms with van der Waals surface area (Å²) >= 11 is 1.19. The Morgan fingerprint density at radius 1 is 1.32 bits per heavy atom. The maximum atomic E-state index is 11.4. The van der Waals surface area contributed by atoms with Gasteiger partial charge in [0.2, 0.25) is 0 Å². The highest BCUT2D eigenvalue weighted by atomic mass is 32.1. The van der Waals surface area contributed by atoms with Crippen LogP contribution >= 0.6 is 11.3 Å². The Balaban J connectivity index is 1.92. The van der Waals surface area contributed by atoms with Crippen LogP contribution in [0, 0.1) is 6.92 Å². The molecule has 0 radical (unpaired) electrons. The number of nitrogens with zero attached hydrogens (tertiary/aromatic N) is 2. The highest BCUT2D eigenvalue weighted by Gasteiger charge is 2.19. The van der Waals surface area contributed by atoms with Crippen LogP contribution in [0.4, 0.5) is 5.82 Å². The minimum atomic E-state index is -0.930. The lowest BCUT2D eigenvalue weighted by Gasteiger charge is -2.07. The molecule has 0 saturated carbocycles. The number of anilines is 1. The highest BCUT2D eigenvalue weighted by molar-refractivity contribution is 7.20. The van der Waals surface area contributed by atoms with Crippen LogP contribution in [0.25, 0.3) is 10.2 Å². The van der Waals surface area contributed by atoms with Gasteiger partial charge in [0.05, 0.1) is 12.5 Å². The molecule has 7 heteroatoms. The zero-order valence-corrected chi connectivity index (χ0v) is 15.1. The topological polar surface area (TPSA) is 84.3 Å². The fourth-order valence-corrected chi connectivity index (χ4v) is 3.80. The number of aromatic carboxylic acids is 1. The molecule has 0 spiro atoms. The van der Waals surface area contributed by atoms with Gasteiger partial charge in [0.15, 0.2) is 0 Å². The SMILES string of the molecule is CNc1nc(CCc2cccc(OC)c2)nc2sc(C(=O)O)c(C)c12. The third-order valence-corrected chi connectivity index (χ3v) is 5.21. The number of ether oxygens (including phenoxy) is 1. The predicted octanol–water partition coefficient (Wildman–Crippen LogP) is 3.53. The van der Waals surface area contributed by atoms with Crippen molar-refractivity contribution in [1.82, 2.24) is 9.97 Å². The van der Waals surface area contributed by atoms with Crippen molar-refractivity contribution in [3.63, 3.8) is 0 Å². The van der Waals surface area contributed by atoms with Crippen LogP contribution in [-0.2, 0) is 12.8 Å². The van der Waals surface area contributed by atoms with Crippen LogP contribution in [0.15, 0.2) is 24.3 Å². The van der Waals surface area contributed by atoms with E-state index >= 15 is 0 Å². The standard InChI is InChI=1S/C18H19N3O3S/c1-10-14-16(19-2)20-13(21-17(14)25-15(10)18(22)23)8-7-11-5-4-6-12(9-11)24-3/h4-6,9H,7-8H2,1-3H3,(H,22,23)(H,19,20,21). The first-order chi connectivity index (χ1) is 12.0. The third kappa shape index (κ3) is 3.41. The summed E-state index contributed by atoms with van der Waals surface area (Å²) in [6, 6.07) is 7.90. The van der Waals surface area contributed by atoms with Crippen molar-refractivity contribution in [2.75, 3.05) is 19.5 Å². The van der Waals surface area contributed by atoms with Crippen molar-refractivity contribution < 1.29 is 14.6 Å². The molecule has 130 valence electrons. The Morgan fingerprint density at radius 3 is 2.80 bits per heavy atom. The fraction of sp³-hybridized carbons (Fsp3) is 0.278. The molecule has 25 heavy (non-hydrogen) atoms. The van der Waals surface area contributed by atoms with Gasteiger partial charge in [-0.2, -0.15) is 0 Å². The number of aryl methyl sites for hydroxylation is 3. The number of carbonyl (C=O) groups is 1. The molecular weight excluding hydrogens is 338 g/mol. The van der Waals surface area contributed by atoms with E-state index in [0.29, 0.717) is 33.3 Å². The van der Waals surface area contributed by atoms with Crippen LogP contribution < -0.4 is 10.1 Å². The van der Waals surface area contributed by atoms with Crippen LogP contribution in [0.5, 0.6) is 5.75 Å². The summed E-state index contributed by atoms with van der Waals surface area (Å²) in [6.45, 7) is 1.79. The van der Waals surface area contributed by atoms with E-state index in [9.17, 15) is 9.90 Å². The maximum Gasteiger partial charge on any atom is 0.346 e. The van der Waals surface area contributed by atoms with Gasteiger partial charge in [0, 0.05) is 13.5 Å². The molecule has 0 saturated heterocycles. The summed E-state index contributed by atoms with van der Waals surface area (Å²) in [6.07, 6.45) is 1.44. The van der Waals surface area contributed by atoms with Crippen molar-refractivity contribution in [2.45, 2.75) is 19.8 Å². The second kappa shape index (κ2) is 7.06. The number of carboxylic acids is 1. The van der Waals surface area contributed by atoms with E-state index in [-0.39, 0.29) is 0 Å². The monoisotopic (exact) mass is 357 g/mol. The number of carboxylic acid groups (broad SMARTS) is 1. The van der Waals surface area contributed by atoms with E-state index in [4.69, 9.17) is 4.74 Å². The lowest BCUT2D eigenvalue weighted by atomic mass is 10.1. The summed E-state index contributed by atoms with van der Waals surface area (Å²) in [5, 5.41) is 13.2. The van der Waals surface area contributed by atoms with Crippen molar-refractivity contribution in [3.8, 4) is 5.75 Å². The number of aromatic nitrogens is 2. The van der Waals surface area contributed by atoms with Crippen LogP contribution in [0.3, 0.4) is 0 Å². The number of methoxy groups -OCH3 is 1. The molecule has 0 bridgehead atoms. The lowest BCUT2D eigenvalue weighted by Crippen LogP contribution is -2.03. The third-order valence-electron chi connectivity index (χ3n) is 4.04. The molecule has 0 aliphatic rings. The van der Waals surface area contributed by atoms with Gasteiger partial charge in [-0.15, -0.1) is 11.3 Å². The molecule has 0 atom stereocenters. The van der Waals surface area contributed by atoms with Crippen molar-refractivity contribution >= 4 is 33.3 Å². The van der Waals surface area contributed by atoms with Gasteiger partial charge >= 0.3 is 5.97 Å². The van der Waals surface area contributed by atoms with Crippen molar-refractivity contribution in [3.05, 3.63) is 46.1 Å². The Bertz CT molecular complexity index is 937. The molecule has 0 unspecified atom stereocenters. The predicted molar refractivity (Wildman–Crippen MR) is 99.1 cm³/mol. The number of hydrogen-bond donors (Lipinski definition) is 2. The first kappa shape index (κ1) is 17.2. The summed E-state index contributed by atoms with van der Waals surface area (Å²) in [7, 11) is 3.43. The van der Waals surface area contributed by atoms with Gasteiger partial charge in [-0.3, -0.25) is 0 Å². The van der Waals surface area contributed by atoms with Gasteiger partial charge in [-0.05, 0) is 36.6 Å². The Kier molecular flexibility index (Phi) is 4.85. The van der Waals surface area contributed by atoms with Gasteiger partial charge < -0.3 is 15.2 Å². The molecule has 0 aliphatic carbocycles. The molecule has 2 aromatic heterocycles. The summed E-state index contributed by atoms with van der Waals surface area (Å²) in [4.78, 5) is 21.5. The minimum absolute atomic E-state index is 0.311. The minimum Gasteiger partial charge on any atom is -0.497 e. The first-order valence-corrected chi connectivity index (χ1v) is 8.69. The van der Waals surface area contributed by atoms with Gasteiger partial charge in [0.25, 0.3) is 0 Å². The number of rotatable bonds is 6. The van der Waals surface area contributed by atoms with E-state index in [0.717, 1.165) is 23.1 Å². The maximum absolute atomic E-state index is 11.4. The van der Waals surface area contributed by atoms with Crippen molar-refractivity contribution in [1.29, 1.82) is 0 Å². The molecule has 0 aliphatic heterocycles. The molecule has 6 nitrogen and oxygen atoms in total. The molecule has 1 aromatic carbocycles. The van der Waals surface area contributed by atoms with Crippen LogP contribution in [0.1, 0.15) is 26.6 Å².